The summed E-state index contributed by atoms with van der Waals surface area (Å²) in [5.41, 5.74) is 0. The number of halogens is 1. The van der Waals surface area contributed by atoms with Crippen LogP contribution in [0, 0.1) is 5.92 Å². The van der Waals surface area contributed by atoms with Crippen molar-refractivity contribution in [3.05, 3.63) is 16.4 Å². The van der Waals surface area contributed by atoms with Gasteiger partial charge < -0.3 is 14.9 Å². The van der Waals surface area contributed by atoms with Gasteiger partial charge in [0, 0.05) is 18.7 Å². The van der Waals surface area contributed by atoms with Crippen molar-refractivity contribution >= 4 is 15.9 Å². The van der Waals surface area contributed by atoms with Gasteiger partial charge in [-0.2, -0.15) is 0 Å². The fourth-order valence-corrected chi connectivity index (χ4v) is 2.88. The summed E-state index contributed by atoms with van der Waals surface area (Å²) >= 11 is 3.20. The normalized spacial score (nSPS) is 26.3. The van der Waals surface area contributed by atoms with Crippen molar-refractivity contribution in [1.29, 1.82) is 0 Å². The van der Waals surface area contributed by atoms with E-state index in [2.05, 4.69) is 33.3 Å². The van der Waals surface area contributed by atoms with E-state index >= 15 is 0 Å². The highest BCUT2D eigenvalue weighted by atomic mass is 79.9. The largest absolute Gasteiger partial charge is 0.384 e. The number of hydrogen-bond donors (Lipinski definition) is 2. The van der Waals surface area contributed by atoms with E-state index < -0.39 is 6.10 Å². The number of nitrogens with zero attached hydrogens (tertiary/aromatic N) is 1. The Balaban J connectivity index is 1.81. The Morgan fingerprint density at radius 1 is 1.65 bits per heavy atom. The van der Waals surface area contributed by atoms with Gasteiger partial charge in [-0.3, -0.25) is 0 Å². The third-order valence-electron chi connectivity index (χ3n) is 3.58. The first-order chi connectivity index (χ1) is 8.20. The van der Waals surface area contributed by atoms with Crippen LogP contribution in [0.5, 0.6) is 0 Å². The van der Waals surface area contributed by atoms with Crippen molar-refractivity contribution < 1.29 is 9.63 Å². The van der Waals surface area contributed by atoms with Crippen LogP contribution in [0.2, 0.25) is 0 Å². The topological polar surface area (TPSA) is 58.3 Å². The summed E-state index contributed by atoms with van der Waals surface area (Å²) in [6.45, 7) is 2.76. The lowest BCUT2D eigenvalue weighted by Gasteiger charge is -2.20. The smallest absolute Gasteiger partial charge is 0.167 e. The van der Waals surface area contributed by atoms with Gasteiger partial charge in [0.2, 0.25) is 0 Å². The summed E-state index contributed by atoms with van der Waals surface area (Å²) in [6, 6.07) is 2.25. The molecule has 0 bridgehead atoms. The van der Waals surface area contributed by atoms with Crippen LogP contribution in [0.3, 0.4) is 0 Å². The van der Waals surface area contributed by atoms with Crippen molar-refractivity contribution in [2.24, 2.45) is 5.92 Å². The number of aliphatic hydroxyl groups is 1. The lowest BCUT2D eigenvalue weighted by Crippen LogP contribution is -2.35. The third kappa shape index (κ3) is 3.30. The molecular formula is C12H19BrN2O2. The second-order valence-electron chi connectivity index (χ2n) is 4.68. The lowest BCUT2D eigenvalue weighted by molar-refractivity contribution is 0.131. The van der Waals surface area contributed by atoms with E-state index in [4.69, 9.17) is 4.52 Å². The molecule has 3 atom stereocenters. The first-order valence-electron chi connectivity index (χ1n) is 6.24. The van der Waals surface area contributed by atoms with Crippen LogP contribution in [-0.4, -0.2) is 22.8 Å². The van der Waals surface area contributed by atoms with E-state index in [1.807, 2.05) is 0 Å². The molecule has 1 aromatic heterocycles. The zero-order valence-corrected chi connectivity index (χ0v) is 11.6. The summed E-state index contributed by atoms with van der Waals surface area (Å²) in [4.78, 5) is 0. The molecule has 2 rings (SSSR count). The molecule has 1 saturated carbocycles. The average molecular weight is 303 g/mol. The first-order valence-corrected chi connectivity index (χ1v) is 7.03. The molecule has 2 N–H and O–H groups in total. The summed E-state index contributed by atoms with van der Waals surface area (Å²) in [5.74, 6) is 1.26. The number of hydrogen-bond acceptors (Lipinski definition) is 4. The van der Waals surface area contributed by atoms with Gasteiger partial charge in [-0.25, -0.2) is 0 Å². The zero-order valence-electron chi connectivity index (χ0n) is 10.0. The molecule has 0 amide bonds. The molecule has 1 aliphatic rings. The van der Waals surface area contributed by atoms with Gasteiger partial charge in [0.1, 0.15) is 10.7 Å². The molecule has 4 nitrogen and oxygen atoms in total. The van der Waals surface area contributed by atoms with Crippen LogP contribution in [-0.2, 0) is 0 Å². The van der Waals surface area contributed by atoms with Crippen LogP contribution < -0.4 is 5.32 Å². The molecular weight excluding hydrogens is 284 g/mol. The van der Waals surface area contributed by atoms with Gasteiger partial charge in [-0.1, -0.05) is 24.9 Å². The van der Waals surface area contributed by atoms with E-state index in [9.17, 15) is 5.11 Å². The molecule has 5 heteroatoms. The van der Waals surface area contributed by atoms with Crippen molar-refractivity contribution in [1.82, 2.24) is 10.5 Å². The Morgan fingerprint density at radius 3 is 3.12 bits per heavy atom. The van der Waals surface area contributed by atoms with E-state index in [1.54, 1.807) is 6.07 Å². The first kappa shape index (κ1) is 13.1. The van der Waals surface area contributed by atoms with Gasteiger partial charge >= 0.3 is 0 Å². The molecule has 1 aliphatic carbocycles. The van der Waals surface area contributed by atoms with E-state index in [0.29, 0.717) is 23.0 Å². The molecule has 0 saturated heterocycles. The maximum Gasteiger partial charge on any atom is 0.167 e. The highest BCUT2D eigenvalue weighted by Gasteiger charge is 2.26. The van der Waals surface area contributed by atoms with Gasteiger partial charge in [0.15, 0.2) is 5.76 Å². The van der Waals surface area contributed by atoms with Crippen molar-refractivity contribution in [2.75, 3.05) is 6.54 Å². The molecule has 0 aromatic carbocycles. The Kier molecular flexibility index (Phi) is 4.59. The van der Waals surface area contributed by atoms with Gasteiger partial charge in [0.05, 0.1) is 0 Å². The molecule has 1 fully saturated rings. The fourth-order valence-electron chi connectivity index (χ4n) is 2.58. The minimum absolute atomic E-state index is 0.510. The summed E-state index contributed by atoms with van der Waals surface area (Å²) in [7, 11) is 0. The number of rotatable bonds is 5. The number of aromatic nitrogens is 1. The van der Waals surface area contributed by atoms with Crippen LogP contribution in [0.4, 0.5) is 0 Å². The maximum atomic E-state index is 9.94. The summed E-state index contributed by atoms with van der Waals surface area (Å²) in [5, 5.41) is 17.1. The Morgan fingerprint density at radius 2 is 2.47 bits per heavy atom. The highest BCUT2D eigenvalue weighted by molar-refractivity contribution is 9.10. The molecule has 1 aromatic rings. The van der Waals surface area contributed by atoms with E-state index in [0.717, 1.165) is 5.92 Å². The van der Waals surface area contributed by atoms with Crippen LogP contribution in [0.25, 0.3) is 0 Å². The third-order valence-corrected chi connectivity index (χ3v) is 3.96. The summed E-state index contributed by atoms with van der Waals surface area (Å²) < 4.78 is 5.63. The fraction of sp³-hybridized carbons (Fsp3) is 0.750. The molecule has 0 spiro atoms. The molecule has 0 radical (unpaired) electrons. The van der Waals surface area contributed by atoms with Crippen LogP contribution in [0.1, 0.15) is 44.5 Å². The van der Waals surface area contributed by atoms with Crippen LogP contribution >= 0.6 is 15.9 Å². The standard InChI is InChI=1S/C12H19BrN2O2/c1-2-8-4-3-5-9(8)14-7-10(16)11-6-12(13)15-17-11/h6,8-10,14,16H,2-5,7H2,1H3. The molecule has 96 valence electrons. The Bertz CT molecular complexity index is 356. The number of aliphatic hydroxyl groups excluding tert-OH is 1. The van der Waals surface area contributed by atoms with Crippen LogP contribution in [0.15, 0.2) is 15.2 Å². The predicted molar refractivity (Wildman–Crippen MR) is 68.6 cm³/mol. The quantitative estimate of drug-likeness (QED) is 0.878. The highest BCUT2D eigenvalue weighted by Crippen LogP contribution is 2.28. The minimum atomic E-state index is -0.619. The molecule has 1 heterocycles. The average Bonchev–Trinajstić information content (AvgIpc) is 2.94. The number of nitrogens with one attached hydrogen (secondary N) is 1. The SMILES string of the molecule is CCC1CCCC1NCC(O)c1cc(Br)no1. The molecule has 3 unspecified atom stereocenters. The van der Waals surface area contributed by atoms with Gasteiger partial charge in [-0.15, -0.1) is 0 Å². The zero-order chi connectivity index (χ0) is 12.3. The van der Waals surface area contributed by atoms with Gasteiger partial charge in [-0.05, 0) is 34.7 Å². The molecule has 17 heavy (non-hydrogen) atoms. The second kappa shape index (κ2) is 5.98. The van der Waals surface area contributed by atoms with E-state index in [1.165, 1.54) is 25.7 Å². The van der Waals surface area contributed by atoms with Crippen molar-refractivity contribution in [3.8, 4) is 0 Å². The van der Waals surface area contributed by atoms with E-state index in [-0.39, 0.29) is 0 Å². The Hall–Kier alpha value is -0.390. The second-order valence-corrected chi connectivity index (χ2v) is 5.49. The lowest BCUT2D eigenvalue weighted by atomic mass is 10.0. The van der Waals surface area contributed by atoms with Crippen molar-refractivity contribution in [3.63, 3.8) is 0 Å². The predicted octanol–water partition coefficient (Wildman–Crippen LogP) is 2.64. The molecule has 0 aliphatic heterocycles. The van der Waals surface area contributed by atoms with Gasteiger partial charge in [0.25, 0.3) is 0 Å². The Labute approximate surface area is 110 Å². The maximum absolute atomic E-state index is 9.94. The monoisotopic (exact) mass is 302 g/mol. The summed E-state index contributed by atoms with van der Waals surface area (Å²) in [6.07, 6.45) is 4.40. The van der Waals surface area contributed by atoms with Crippen molar-refractivity contribution in [2.45, 2.75) is 44.8 Å². The minimum Gasteiger partial charge on any atom is -0.384 e.